The molecular weight excluding hydrogens is 376 g/mol. The summed E-state index contributed by atoms with van der Waals surface area (Å²) in [6.07, 6.45) is 2.01. The predicted molar refractivity (Wildman–Crippen MR) is 111 cm³/mol. The standard InChI is InChI=1S/C21H24N4O2.ClH/c1-2-19-24-21(27-25-19)17-10-8-15(9-11-17)12-13-23-20(26)18(22)14-16-6-4-3-5-7-16;/h3-11,18H,2,12-14,22H2,1H3,(H,23,26);1H/t18-;/m0./s1. The number of aryl methyl sites for hydroxylation is 1. The summed E-state index contributed by atoms with van der Waals surface area (Å²) in [5, 5.41) is 6.81. The van der Waals surface area contributed by atoms with Crippen LogP contribution in [0, 0.1) is 0 Å². The van der Waals surface area contributed by atoms with E-state index >= 15 is 0 Å². The van der Waals surface area contributed by atoms with E-state index in [1.165, 1.54) is 0 Å². The van der Waals surface area contributed by atoms with Crippen LogP contribution in [0.25, 0.3) is 11.5 Å². The highest BCUT2D eigenvalue weighted by atomic mass is 35.5. The quantitative estimate of drug-likeness (QED) is 0.606. The topological polar surface area (TPSA) is 94.0 Å². The van der Waals surface area contributed by atoms with Crippen LogP contribution in [-0.2, 0) is 24.1 Å². The molecule has 148 valence electrons. The second kappa shape index (κ2) is 10.6. The Balaban J connectivity index is 0.00000280. The number of nitrogens with two attached hydrogens (primary N) is 1. The third-order valence-electron chi connectivity index (χ3n) is 4.33. The SMILES string of the molecule is CCc1noc(-c2ccc(CCNC(=O)[C@@H](N)Cc3ccccc3)cc2)n1.Cl. The molecule has 1 heterocycles. The Morgan fingerprint density at radius 3 is 2.46 bits per heavy atom. The van der Waals surface area contributed by atoms with Crippen molar-refractivity contribution in [2.24, 2.45) is 5.73 Å². The third kappa shape index (κ3) is 5.90. The molecule has 0 aliphatic carbocycles. The molecule has 1 atom stereocenters. The molecule has 1 aromatic heterocycles. The number of rotatable bonds is 8. The fourth-order valence-electron chi connectivity index (χ4n) is 2.75. The third-order valence-corrected chi connectivity index (χ3v) is 4.33. The fraction of sp³-hybridized carbons (Fsp3) is 0.286. The molecule has 0 saturated carbocycles. The van der Waals surface area contributed by atoms with E-state index in [-0.39, 0.29) is 18.3 Å². The summed E-state index contributed by atoms with van der Waals surface area (Å²) in [7, 11) is 0. The van der Waals surface area contributed by atoms with Gasteiger partial charge in [-0.2, -0.15) is 4.98 Å². The van der Waals surface area contributed by atoms with Crippen molar-refractivity contribution in [3.05, 3.63) is 71.5 Å². The van der Waals surface area contributed by atoms with Crippen molar-refractivity contribution < 1.29 is 9.32 Å². The van der Waals surface area contributed by atoms with Gasteiger partial charge in [0.25, 0.3) is 5.89 Å². The van der Waals surface area contributed by atoms with E-state index in [4.69, 9.17) is 10.3 Å². The number of amides is 1. The highest BCUT2D eigenvalue weighted by molar-refractivity contribution is 5.85. The molecule has 0 saturated heterocycles. The van der Waals surface area contributed by atoms with E-state index in [0.29, 0.717) is 24.7 Å². The highest BCUT2D eigenvalue weighted by Crippen LogP contribution is 2.18. The molecule has 0 bridgehead atoms. The van der Waals surface area contributed by atoms with Crippen LogP contribution >= 0.6 is 12.4 Å². The van der Waals surface area contributed by atoms with Crippen molar-refractivity contribution in [3.63, 3.8) is 0 Å². The number of hydrogen-bond donors (Lipinski definition) is 2. The molecule has 28 heavy (non-hydrogen) atoms. The smallest absolute Gasteiger partial charge is 0.257 e. The number of hydrogen-bond acceptors (Lipinski definition) is 5. The zero-order valence-electron chi connectivity index (χ0n) is 15.8. The molecule has 3 N–H and O–H groups in total. The van der Waals surface area contributed by atoms with Gasteiger partial charge in [0.05, 0.1) is 6.04 Å². The molecule has 0 spiro atoms. The largest absolute Gasteiger partial charge is 0.354 e. The van der Waals surface area contributed by atoms with Gasteiger partial charge in [-0.3, -0.25) is 4.79 Å². The van der Waals surface area contributed by atoms with Crippen molar-refractivity contribution in [1.82, 2.24) is 15.5 Å². The van der Waals surface area contributed by atoms with Gasteiger partial charge in [-0.05, 0) is 36.1 Å². The van der Waals surface area contributed by atoms with Gasteiger partial charge >= 0.3 is 0 Å². The lowest BCUT2D eigenvalue weighted by molar-refractivity contribution is -0.122. The normalized spacial score (nSPS) is 11.5. The lowest BCUT2D eigenvalue weighted by Gasteiger charge is -2.12. The minimum Gasteiger partial charge on any atom is -0.354 e. The molecular formula is C21H25ClN4O2. The first-order chi connectivity index (χ1) is 13.2. The summed E-state index contributed by atoms with van der Waals surface area (Å²) in [4.78, 5) is 16.5. The first kappa shape index (κ1) is 21.6. The molecule has 3 aromatic rings. The second-order valence-corrected chi connectivity index (χ2v) is 6.40. The molecule has 0 aliphatic rings. The van der Waals surface area contributed by atoms with E-state index in [0.717, 1.165) is 29.5 Å². The molecule has 6 nitrogen and oxygen atoms in total. The van der Waals surface area contributed by atoms with Crippen molar-refractivity contribution >= 4 is 18.3 Å². The van der Waals surface area contributed by atoms with E-state index in [1.54, 1.807) is 0 Å². The van der Waals surface area contributed by atoms with Crippen LogP contribution in [0.5, 0.6) is 0 Å². The van der Waals surface area contributed by atoms with Crippen LogP contribution in [0.4, 0.5) is 0 Å². The summed E-state index contributed by atoms with van der Waals surface area (Å²) in [5.41, 5.74) is 9.05. The second-order valence-electron chi connectivity index (χ2n) is 6.40. The molecule has 3 rings (SSSR count). The minimum absolute atomic E-state index is 0. The van der Waals surface area contributed by atoms with E-state index in [2.05, 4.69) is 15.5 Å². The lowest BCUT2D eigenvalue weighted by Crippen LogP contribution is -2.42. The maximum atomic E-state index is 12.1. The Kier molecular flexibility index (Phi) is 8.17. The zero-order valence-corrected chi connectivity index (χ0v) is 16.6. The van der Waals surface area contributed by atoms with Crippen LogP contribution < -0.4 is 11.1 Å². The van der Waals surface area contributed by atoms with Gasteiger partial charge in [-0.25, -0.2) is 0 Å². The molecule has 1 amide bonds. The van der Waals surface area contributed by atoms with Gasteiger partial charge in [0.1, 0.15) is 0 Å². The molecule has 0 unspecified atom stereocenters. The van der Waals surface area contributed by atoms with Crippen LogP contribution in [0.2, 0.25) is 0 Å². The summed E-state index contributed by atoms with van der Waals surface area (Å²) in [6, 6.07) is 17.1. The number of aromatic nitrogens is 2. The van der Waals surface area contributed by atoms with E-state index in [1.807, 2.05) is 61.5 Å². The maximum Gasteiger partial charge on any atom is 0.257 e. The first-order valence-corrected chi connectivity index (χ1v) is 9.15. The summed E-state index contributed by atoms with van der Waals surface area (Å²) in [5.74, 6) is 1.09. The van der Waals surface area contributed by atoms with Crippen molar-refractivity contribution in [1.29, 1.82) is 0 Å². The Morgan fingerprint density at radius 1 is 1.11 bits per heavy atom. The Hall–Kier alpha value is -2.70. The van der Waals surface area contributed by atoms with Gasteiger partial charge in [0.2, 0.25) is 5.91 Å². The van der Waals surface area contributed by atoms with Gasteiger partial charge in [0.15, 0.2) is 5.82 Å². The molecule has 0 aliphatic heterocycles. The van der Waals surface area contributed by atoms with Crippen LogP contribution in [-0.4, -0.2) is 28.6 Å². The number of benzene rings is 2. The van der Waals surface area contributed by atoms with Gasteiger partial charge in [-0.15, -0.1) is 12.4 Å². The zero-order chi connectivity index (χ0) is 19.1. The van der Waals surface area contributed by atoms with Crippen molar-refractivity contribution in [2.75, 3.05) is 6.54 Å². The van der Waals surface area contributed by atoms with Crippen molar-refractivity contribution in [2.45, 2.75) is 32.2 Å². The number of nitrogens with one attached hydrogen (secondary N) is 1. The lowest BCUT2D eigenvalue weighted by atomic mass is 10.1. The minimum atomic E-state index is -0.542. The Morgan fingerprint density at radius 2 is 1.82 bits per heavy atom. The van der Waals surface area contributed by atoms with Crippen LogP contribution in [0.3, 0.4) is 0 Å². The average molecular weight is 401 g/mol. The van der Waals surface area contributed by atoms with Gasteiger partial charge in [0, 0.05) is 18.5 Å². The fourth-order valence-corrected chi connectivity index (χ4v) is 2.75. The average Bonchev–Trinajstić information content (AvgIpc) is 3.18. The van der Waals surface area contributed by atoms with Gasteiger partial charge in [-0.1, -0.05) is 54.5 Å². The monoisotopic (exact) mass is 400 g/mol. The molecule has 7 heteroatoms. The summed E-state index contributed by atoms with van der Waals surface area (Å²) >= 11 is 0. The summed E-state index contributed by atoms with van der Waals surface area (Å²) < 4.78 is 5.24. The number of carbonyl (C=O) groups is 1. The Bertz CT molecular complexity index is 866. The number of halogens is 1. The van der Waals surface area contributed by atoms with Crippen LogP contribution in [0.1, 0.15) is 23.9 Å². The highest BCUT2D eigenvalue weighted by Gasteiger charge is 2.13. The number of carbonyl (C=O) groups excluding carboxylic acids is 1. The van der Waals surface area contributed by atoms with Crippen LogP contribution in [0.15, 0.2) is 59.1 Å². The first-order valence-electron chi connectivity index (χ1n) is 9.15. The van der Waals surface area contributed by atoms with Crippen molar-refractivity contribution in [3.8, 4) is 11.5 Å². The summed E-state index contributed by atoms with van der Waals surface area (Å²) in [6.45, 7) is 2.53. The molecule has 0 fully saturated rings. The van der Waals surface area contributed by atoms with E-state index in [9.17, 15) is 4.79 Å². The maximum absolute atomic E-state index is 12.1. The number of nitrogens with zero attached hydrogens (tertiary/aromatic N) is 2. The van der Waals surface area contributed by atoms with Gasteiger partial charge < -0.3 is 15.6 Å². The Labute approximate surface area is 170 Å². The predicted octanol–water partition coefficient (Wildman–Crippen LogP) is 2.95. The molecule has 2 aromatic carbocycles. The molecule has 0 radical (unpaired) electrons. The van der Waals surface area contributed by atoms with E-state index < -0.39 is 6.04 Å².